The molecule has 110 valence electrons. The van der Waals surface area contributed by atoms with Crippen LogP contribution in [0.2, 0.25) is 0 Å². The molecule has 0 aromatic heterocycles. The Morgan fingerprint density at radius 3 is 2.60 bits per heavy atom. The van der Waals surface area contributed by atoms with Crippen LogP contribution in [0.25, 0.3) is 0 Å². The minimum Gasteiger partial charge on any atom is -0.316 e. The number of nitrogens with one attached hydrogen (secondary N) is 1. The highest BCUT2D eigenvalue weighted by atomic mass is 19.1. The first-order valence-corrected chi connectivity index (χ1v) is 6.51. The topological polar surface area (TPSA) is 58.4 Å². The minimum absolute atomic E-state index is 0.0761. The van der Waals surface area contributed by atoms with E-state index in [9.17, 15) is 13.6 Å². The van der Waals surface area contributed by atoms with Crippen LogP contribution < -0.4 is 16.0 Å². The SMILES string of the molecule is CC(C)(C)NCCN1C(=O)C(N)c2c(F)cc(F)cc21. The highest BCUT2D eigenvalue weighted by Crippen LogP contribution is 2.36. The van der Waals surface area contributed by atoms with Crippen molar-refractivity contribution in [2.75, 3.05) is 18.0 Å². The first-order valence-electron chi connectivity index (χ1n) is 6.51. The third kappa shape index (κ3) is 2.81. The molecule has 0 saturated carbocycles. The molecule has 0 bridgehead atoms. The number of nitrogens with zero attached hydrogens (tertiary/aromatic N) is 1. The number of anilines is 1. The van der Waals surface area contributed by atoms with Crippen molar-refractivity contribution in [3.05, 3.63) is 29.3 Å². The Balaban J connectivity index is 2.22. The van der Waals surface area contributed by atoms with Crippen LogP contribution in [0.4, 0.5) is 14.5 Å². The molecule has 1 atom stereocenters. The first kappa shape index (κ1) is 14.9. The third-order valence-corrected chi connectivity index (χ3v) is 3.20. The average Bonchev–Trinajstić information content (AvgIpc) is 2.52. The minimum atomic E-state index is -1.06. The van der Waals surface area contributed by atoms with Crippen molar-refractivity contribution >= 4 is 11.6 Å². The third-order valence-electron chi connectivity index (χ3n) is 3.20. The van der Waals surface area contributed by atoms with Crippen molar-refractivity contribution in [1.82, 2.24) is 5.32 Å². The van der Waals surface area contributed by atoms with Gasteiger partial charge in [0.2, 0.25) is 5.91 Å². The van der Waals surface area contributed by atoms with E-state index in [4.69, 9.17) is 5.73 Å². The van der Waals surface area contributed by atoms with Gasteiger partial charge in [0.05, 0.1) is 5.69 Å². The number of amides is 1. The van der Waals surface area contributed by atoms with Gasteiger partial charge in [-0.3, -0.25) is 4.79 Å². The zero-order chi connectivity index (χ0) is 15.1. The van der Waals surface area contributed by atoms with Crippen LogP contribution in [-0.2, 0) is 4.79 Å². The zero-order valence-electron chi connectivity index (χ0n) is 11.8. The molecule has 0 saturated heterocycles. The number of hydrogen-bond donors (Lipinski definition) is 2. The quantitative estimate of drug-likeness (QED) is 0.887. The summed E-state index contributed by atoms with van der Waals surface area (Å²) in [7, 11) is 0. The van der Waals surface area contributed by atoms with Crippen molar-refractivity contribution in [3.8, 4) is 0 Å². The van der Waals surface area contributed by atoms with E-state index in [-0.39, 0.29) is 16.8 Å². The maximum absolute atomic E-state index is 13.7. The van der Waals surface area contributed by atoms with Crippen molar-refractivity contribution in [1.29, 1.82) is 0 Å². The molecule has 1 aromatic carbocycles. The summed E-state index contributed by atoms with van der Waals surface area (Å²) in [5.74, 6) is -1.88. The number of benzene rings is 1. The Bertz CT molecular complexity index is 540. The molecule has 1 aromatic rings. The van der Waals surface area contributed by atoms with E-state index in [0.29, 0.717) is 13.1 Å². The van der Waals surface area contributed by atoms with E-state index in [1.807, 2.05) is 20.8 Å². The number of carbonyl (C=O) groups is 1. The van der Waals surface area contributed by atoms with Gasteiger partial charge in [-0.2, -0.15) is 0 Å². The summed E-state index contributed by atoms with van der Waals surface area (Å²) in [6.07, 6.45) is 0. The van der Waals surface area contributed by atoms with Crippen LogP contribution in [0.1, 0.15) is 32.4 Å². The van der Waals surface area contributed by atoms with Gasteiger partial charge in [-0.25, -0.2) is 8.78 Å². The molecule has 2 rings (SSSR count). The zero-order valence-corrected chi connectivity index (χ0v) is 11.8. The van der Waals surface area contributed by atoms with E-state index >= 15 is 0 Å². The fourth-order valence-electron chi connectivity index (χ4n) is 2.29. The molecule has 1 unspecified atom stereocenters. The molecule has 4 nitrogen and oxygen atoms in total. The Morgan fingerprint density at radius 2 is 2.00 bits per heavy atom. The maximum Gasteiger partial charge on any atom is 0.248 e. The number of halogens is 2. The Morgan fingerprint density at radius 1 is 1.35 bits per heavy atom. The molecule has 0 spiro atoms. The van der Waals surface area contributed by atoms with Crippen molar-refractivity contribution in [2.45, 2.75) is 32.4 Å². The highest BCUT2D eigenvalue weighted by molar-refractivity contribution is 6.04. The van der Waals surface area contributed by atoms with Gasteiger partial charge >= 0.3 is 0 Å². The molecule has 3 N–H and O–H groups in total. The summed E-state index contributed by atoms with van der Waals surface area (Å²) in [5.41, 5.74) is 5.93. The van der Waals surface area contributed by atoms with Crippen LogP contribution in [0, 0.1) is 11.6 Å². The van der Waals surface area contributed by atoms with Crippen molar-refractivity contribution < 1.29 is 13.6 Å². The maximum atomic E-state index is 13.7. The second-order valence-electron chi connectivity index (χ2n) is 5.96. The summed E-state index contributed by atoms with van der Waals surface area (Å²) in [5, 5.41) is 3.22. The molecule has 6 heteroatoms. The normalized spacial score (nSPS) is 18.6. The number of nitrogens with two attached hydrogens (primary N) is 1. The van der Waals surface area contributed by atoms with Gasteiger partial charge in [0.25, 0.3) is 0 Å². The summed E-state index contributed by atoms with van der Waals surface area (Å²) < 4.78 is 27.1. The predicted octanol–water partition coefficient (Wildman–Crippen LogP) is 1.70. The lowest BCUT2D eigenvalue weighted by Crippen LogP contribution is -2.43. The van der Waals surface area contributed by atoms with Crippen LogP contribution in [0.5, 0.6) is 0 Å². The summed E-state index contributed by atoms with van der Waals surface area (Å²) in [4.78, 5) is 13.4. The monoisotopic (exact) mass is 283 g/mol. The molecular formula is C14H19F2N3O. The van der Waals surface area contributed by atoms with Gasteiger partial charge in [-0.05, 0) is 26.8 Å². The summed E-state index contributed by atoms with van der Waals surface area (Å²) >= 11 is 0. The lowest BCUT2D eigenvalue weighted by atomic mass is 10.1. The molecule has 1 aliphatic heterocycles. The van der Waals surface area contributed by atoms with Gasteiger partial charge in [0, 0.05) is 30.3 Å². The van der Waals surface area contributed by atoms with E-state index in [2.05, 4.69) is 5.32 Å². The first-order chi connectivity index (χ1) is 9.20. The number of fused-ring (bicyclic) bond motifs is 1. The highest BCUT2D eigenvalue weighted by Gasteiger charge is 2.37. The van der Waals surface area contributed by atoms with Crippen molar-refractivity contribution in [2.24, 2.45) is 5.73 Å². The second-order valence-corrected chi connectivity index (χ2v) is 5.96. The molecule has 1 heterocycles. The number of rotatable bonds is 3. The van der Waals surface area contributed by atoms with Gasteiger partial charge in [-0.15, -0.1) is 0 Å². The molecule has 0 aliphatic carbocycles. The van der Waals surface area contributed by atoms with Gasteiger partial charge in [0.15, 0.2) is 0 Å². The van der Waals surface area contributed by atoms with Gasteiger partial charge < -0.3 is 16.0 Å². The average molecular weight is 283 g/mol. The summed E-state index contributed by atoms with van der Waals surface area (Å²) in [6.45, 7) is 6.83. The number of carbonyl (C=O) groups excluding carboxylic acids is 1. The van der Waals surface area contributed by atoms with Crippen LogP contribution in [0.3, 0.4) is 0 Å². The van der Waals surface area contributed by atoms with E-state index in [0.717, 1.165) is 12.1 Å². The summed E-state index contributed by atoms with van der Waals surface area (Å²) in [6, 6.07) is 0.851. The predicted molar refractivity (Wildman–Crippen MR) is 73.4 cm³/mol. The van der Waals surface area contributed by atoms with E-state index in [1.165, 1.54) is 4.90 Å². The smallest absolute Gasteiger partial charge is 0.248 e. The van der Waals surface area contributed by atoms with E-state index in [1.54, 1.807) is 0 Å². The molecule has 1 aliphatic rings. The molecule has 0 fully saturated rings. The van der Waals surface area contributed by atoms with Gasteiger partial charge in [-0.1, -0.05) is 0 Å². The van der Waals surface area contributed by atoms with Crippen molar-refractivity contribution in [3.63, 3.8) is 0 Å². The Hall–Kier alpha value is -1.53. The second kappa shape index (κ2) is 5.10. The number of hydrogen-bond acceptors (Lipinski definition) is 3. The molecule has 1 amide bonds. The van der Waals surface area contributed by atoms with E-state index < -0.39 is 23.6 Å². The fourth-order valence-corrected chi connectivity index (χ4v) is 2.29. The largest absolute Gasteiger partial charge is 0.316 e. The molecule has 0 radical (unpaired) electrons. The van der Waals surface area contributed by atoms with Crippen LogP contribution in [-0.4, -0.2) is 24.5 Å². The Kier molecular flexibility index (Phi) is 3.80. The lowest BCUT2D eigenvalue weighted by Gasteiger charge is -2.24. The molecule has 20 heavy (non-hydrogen) atoms. The lowest BCUT2D eigenvalue weighted by molar-refractivity contribution is -0.119. The Labute approximate surface area is 116 Å². The van der Waals surface area contributed by atoms with Crippen LogP contribution in [0.15, 0.2) is 12.1 Å². The standard InChI is InChI=1S/C14H19F2N3O/c1-14(2,3)18-4-5-19-10-7-8(15)6-9(16)11(10)12(17)13(19)20/h6-7,12,18H,4-5,17H2,1-3H3. The van der Waals surface area contributed by atoms with Gasteiger partial charge in [0.1, 0.15) is 17.7 Å². The fraction of sp³-hybridized carbons (Fsp3) is 0.500. The van der Waals surface area contributed by atoms with Crippen LogP contribution >= 0.6 is 0 Å². The molecular weight excluding hydrogens is 264 g/mol.